The number of aromatic nitrogens is 1. The second-order valence-corrected chi connectivity index (χ2v) is 6.64. The van der Waals surface area contributed by atoms with E-state index in [4.69, 9.17) is 4.42 Å². The molecule has 2 aliphatic rings. The quantitative estimate of drug-likeness (QED) is 0.848. The third-order valence-corrected chi connectivity index (χ3v) is 5.05. The van der Waals surface area contributed by atoms with Crippen LogP contribution in [0.3, 0.4) is 0 Å². The summed E-state index contributed by atoms with van der Waals surface area (Å²) in [6.45, 7) is 6.22. The third-order valence-electron chi connectivity index (χ3n) is 5.05. The molecule has 3 amide bonds. The smallest absolute Gasteiger partial charge is 0.324 e. The van der Waals surface area contributed by atoms with Gasteiger partial charge in [0.2, 0.25) is 5.89 Å². The van der Waals surface area contributed by atoms with Crippen molar-refractivity contribution in [3.8, 4) is 0 Å². The molecule has 0 aromatic carbocycles. The molecule has 2 aliphatic heterocycles. The molecule has 0 radical (unpaired) electrons. The molecule has 3 rings (SSSR count). The van der Waals surface area contributed by atoms with Crippen molar-refractivity contribution in [1.29, 1.82) is 0 Å². The van der Waals surface area contributed by atoms with Crippen molar-refractivity contribution in [3.05, 3.63) is 17.8 Å². The largest absolute Gasteiger partial charge is 0.444 e. The van der Waals surface area contributed by atoms with Gasteiger partial charge in [-0.2, -0.15) is 0 Å². The topological polar surface area (TPSA) is 78.7 Å². The molecule has 2 saturated heterocycles. The van der Waals surface area contributed by atoms with Crippen molar-refractivity contribution in [2.75, 3.05) is 20.1 Å². The summed E-state index contributed by atoms with van der Waals surface area (Å²) in [6.07, 6.45) is 4.53. The lowest BCUT2D eigenvalue weighted by Crippen LogP contribution is -2.55. The molecular weight excluding hydrogens is 296 g/mol. The summed E-state index contributed by atoms with van der Waals surface area (Å²) < 4.78 is 5.68. The predicted octanol–water partition coefficient (Wildman–Crippen LogP) is 1.39. The number of nitrogens with one attached hydrogen (secondary N) is 1. The van der Waals surface area contributed by atoms with Gasteiger partial charge < -0.3 is 9.73 Å². The summed E-state index contributed by atoms with van der Waals surface area (Å²) in [5, 5.41) is 2.87. The number of rotatable bonds is 4. The standard InChI is InChI=1S/C16H24N4O3/c1-4-12-8-17-13(23-12)10-20-7-5-6-11(9-20)16(2)14(21)19(3)15(22)18-16/h8,11H,4-7,9-10H2,1-3H3,(H,18,22)/t11-,16-/m1/s1. The van der Waals surface area contributed by atoms with E-state index in [0.29, 0.717) is 12.4 Å². The Morgan fingerprint density at radius 3 is 2.87 bits per heavy atom. The second kappa shape index (κ2) is 5.96. The van der Waals surface area contributed by atoms with Crippen molar-refractivity contribution in [1.82, 2.24) is 20.1 Å². The molecule has 0 unspecified atom stereocenters. The number of hydrogen-bond donors (Lipinski definition) is 1. The van der Waals surface area contributed by atoms with E-state index in [1.165, 1.54) is 11.9 Å². The number of piperidine rings is 1. The van der Waals surface area contributed by atoms with Gasteiger partial charge in [0.15, 0.2) is 0 Å². The Hall–Kier alpha value is -1.89. The Morgan fingerprint density at radius 1 is 1.48 bits per heavy atom. The van der Waals surface area contributed by atoms with Gasteiger partial charge in [0.25, 0.3) is 5.91 Å². The molecule has 0 bridgehead atoms. The zero-order chi connectivity index (χ0) is 16.6. The van der Waals surface area contributed by atoms with E-state index in [1.54, 1.807) is 6.20 Å². The number of nitrogens with zero attached hydrogens (tertiary/aromatic N) is 3. The van der Waals surface area contributed by atoms with Gasteiger partial charge in [-0.1, -0.05) is 6.92 Å². The van der Waals surface area contributed by atoms with Crippen LogP contribution in [0.2, 0.25) is 0 Å². The summed E-state index contributed by atoms with van der Waals surface area (Å²) in [7, 11) is 1.53. The summed E-state index contributed by atoms with van der Waals surface area (Å²) >= 11 is 0. The van der Waals surface area contributed by atoms with Crippen LogP contribution in [0.5, 0.6) is 0 Å². The van der Waals surface area contributed by atoms with Crippen molar-refractivity contribution in [2.24, 2.45) is 5.92 Å². The maximum absolute atomic E-state index is 12.4. The fourth-order valence-electron chi connectivity index (χ4n) is 3.52. The highest BCUT2D eigenvalue weighted by molar-refractivity contribution is 6.06. The first-order valence-corrected chi connectivity index (χ1v) is 8.20. The molecule has 7 nitrogen and oxygen atoms in total. The van der Waals surface area contributed by atoms with Crippen LogP contribution in [0.15, 0.2) is 10.6 Å². The van der Waals surface area contributed by atoms with Crippen molar-refractivity contribution < 1.29 is 14.0 Å². The van der Waals surface area contributed by atoms with E-state index < -0.39 is 5.54 Å². The highest BCUT2D eigenvalue weighted by Crippen LogP contribution is 2.32. The molecule has 0 aliphatic carbocycles. The average molecular weight is 320 g/mol. The monoisotopic (exact) mass is 320 g/mol. The first-order valence-electron chi connectivity index (χ1n) is 8.20. The van der Waals surface area contributed by atoms with Crippen LogP contribution in [0.25, 0.3) is 0 Å². The van der Waals surface area contributed by atoms with Crippen molar-refractivity contribution >= 4 is 11.9 Å². The number of amides is 3. The van der Waals surface area contributed by atoms with Gasteiger partial charge in [-0.15, -0.1) is 0 Å². The molecule has 126 valence electrons. The van der Waals surface area contributed by atoms with Gasteiger partial charge in [0.05, 0.1) is 12.7 Å². The maximum Gasteiger partial charge on any atom is 0.324 e. The number of urea groups is 1. The van der Waals surface area contributed by atoms with E-state index in [9.17, 15) is 9.59 Å². The van der Waals surface area contributed by atoms with Crippen LogP contribution in [0, 0.1) is 5.92 Å². The summed E-state index contributed by atoms with van der Waals surface area (Å²) in [6, 6.07) is -0.310. The van der Waals surface area contributed by atoms with E-state index >= 15 is 0 Å². The second-order valence-electron chi connectivity index (χ2n) is 6.64. The number of aryl methyl sites for hydroxylation is 1. The fraction of sp³-hybridized carbons (Fsp3) is 0.688. The number of imide groups is 1. The lowest BCUT2D eigenvalue weighted by atomic mass is 9.80. The van der Waals surface area contributed by atoms with Crippen molar-refractivity contribution in [3.63, 3.8) is 0 Å². The van der Waals surface area contributed by atoms with Crippen LogP contribution >= 0.6 is 0 Å². The van der Waals surface area contributed by atoms with Crippen molar-refractivity contribution in [2.45, 2.75) is 45.2 Å². The molecule has 1 aromatic rings. The Morgan fingerprint density at radius 2 is 2.26 bits per heavy atom. The molecule has 2 fully saturated rings. The van der Waals surface area contributed by atoms with Gasteiger partial charge >= 0.3 is 6.03 Å². The first kappa shape index (κ1) is 16.0. The zero-order valence-electron chi connectivity index (χ0n) is 14.0. The van der Waals surface area contributed by atoms with E-state index in [-0.39, 0.29) is 17.9 Å². The Labute approximate surface area is 136 Å². The molecule has 1 aromatic heterocycles. The fourth-order valence-corrected chi connectivity index (χ4v) is 3.52. The lowest BCUT2D eigenvalue weighted by Gasteiger charge is -2.39. The minimum atomic E-state index is -0.810. The molecule has 1 N–H and O–H groups in total. The zero-order valence-corrected chi connectivity index (χ0v) is 14.0. The van der Waals surface area contributed by atoms with E-state index in [1.807, 2.05) is 13.8 Å². The Balaban J connectivity index is 1.68. The van der Waals surface area contributed by atoms with Gasteiger partial charge in [0.1, 0.15) is 11.3 Å². The van der Waals surface area contributed by atoms with E-state index in [0.717, 1.165) is 38.1 Å². The molecule has 3 heterocycles. The SMILES string of the molecule is CCc1cnc(CN2CCC[C@@H]([C@@]3(C)NC(=O)N(C)C3=O)C2)o1. The minimum absolute atomic E-state index is 0.0956. The molecule has 2 atom stereocenters. The number of likely N-dealkylation sites (N-methyl/N-ethyl adjacent to an activating group) is 1. The first-order chi connectivity index (χ1) is 10.9. The third kappa shape index (κ3) is 2.85. The number of carbonyl (C=O) groups is 2. The van der Waals surface area contributed by atoms with Crippen LogP contribution in [-0.2, 0) is 17.8 Å². The normalized spacial score (nSPS) is 29.2. The summed E-state index contributed by atoms with van der Waals surface area (Å²) in [5.74, 6) is 1.56. The summed E-state index contributed by atoms with van der Waals surface area (Å²) in [5.41, 5.74) is -0.810. The lowest BCUT2D eigenvalue weighted by molar-refractivity contribution is -0.132. The van der Waals surface area contributed by atoms with E-state index in [2.05, 4.69) is 15.2 Å². The van der Waals surface area contributed by atoms with Crippen LogP contribution in [-0.4, -0.2) is 52.4 Å². The molecule has 23 heavy (non-hydrogen) atoms. The van der Waals surface area contributed by atoms with Gasteiger partial charge in [-0.05, 0) is 26.3 Å². The van der Waals surface area contributed by atoms with Crippen LogP contribution in [0.1, 0.15) is 38.3 Å². The number of hydrogen-bond acceptors (Lipinski definition) is 5. The van der Waals surface area contributed by atoms with Gasteiger partial charge in [-0.25, -0.2) is 9.78 Å². The summed E-state index contributed by atoms with van der Waals surface area (Å²) in [4.78, 5) is 32.0. The van der Waals surface area contributed by atoms with Gasteiger partial charge in [-0.3, -0.25) is 14.6 Å². The van der Waals surface area contributed by atoms with Crippen LogP contribution in [0.4, 0.5) is 4.79 Å². The maximum atomic E-state index is 12.4. The number of carbonyl (C=O) groups excluding carboxylic acids is 2. The molecule has 0 spiro atoms. The predicted molar refractivity (Wildman–Crippen MR) is 83.6 cm³/mol. The Bertz CT molecular complexity index is 614. The highest BCUT2D eigenvalue weighted by Gasteiger charge is 2.51. The van der Waals surface area contributed by atoms with Gasteiger partial charge in [0, 0.05) is 25.9 Å². The Kier molecular flexibility index (Phi) is 4.14. The molecule has 0 saturated carbocycles. The molecule has 7 heteroatoms. The highest BCUT2D eigenvalue weighted by atomic mass is 16.4. The number of likely N-dealkylation sites (tertiary alicyclic amines) is 1. The number of oxazole rings is 1. The van der Waals surface area contributed by atoms with Crippen LogP contribution < -0.4 is 5.32 Å². The minimum Gasteiger partial charge on any atom is -0.444 e. The average Bonchev–Trinajstić information content (AvgIpc) is 3.07. The molecular formula is C16H24N4O3.